The lowest BCUT2D eigenvalue weighted by molar-refractivity contribution is 0.669. The minimum atomic E-state index is 0.882. The Morgan fingerprint density at radius 1 is 0.415 bits per heavy atom. The van der Waals surface area contributed by atoms with E-state index >= 15 is 0 Å². The van der Waals surface area contributed by atoms with E-state index in [0.29, 0.717) is 0 Å². The van der Waals surface area contributed by atoms with Gasteiger partial charge >= 0.3 is 0 Å². The first-order valence-corrected chi connectivity index (χ1v) is 13.8. The zero-order chi connectivity index (χ0) is 26.9. The second kappa shape index (κ2) is 8.48. The summed E-state index contributed by atoms with van der Waals surface area (Å²) in [6.07, 6.45) is 3.74. The maximum absolute atomic E-state index is 6.41. The van der Waals surface area contributed by atoms with Crippen molar-refractivity contribution in [1.82, 2.24) is 9.97 Å². The average molecular weight is 523 g/mol. The van der Waals surface area contributed by atoms with Crippen LogP contribution in [0.3, 0.4) is 0 Å². The van der Waals surface area contributed by atoms with Gasteiger partial charge in [0.15, 0.2) is 0 Å². The van der Waals surface area contributed by atoms with Crippen LogP contribution in [0.25, 0.3) is 87.5 Å². The molecule has 0 amide bonds. The first kappa shape index (κ1) is 22.3. The molecule has 0 spiro atoms. The molecule has 0 bridgehead atoms. The molecule has 0 N–H and O–H groups in total. The van der Waals surface area contributed by atoms with E-state index in [0.717, 1.165) is 76.8 Å². The Kier molecular flexibility index (Phi) is 4.61. The summed E-state index contributed by atoms with van der Waals surface area (Å²) in [7, 11) is 0. The summed E-state index contributed by atoms with van der Waals surface area (Å²) in [5, 5.41) is 9.20. The number of aromatic nitrogens is 2. The predicted octanol–water partition coefficient (Wildman–Crippen LogP) is 10.3. The Labute approximate surface area is 235 Å². The molecule has 0 saturated heterocycles. The van der Waals surface area contributed by atoms with Crippen LogP contribution >= 0.6 is 0 Å². The number of benzene rings is 6. The fraction of sp³-hybridized carbons (Fsp3) is 0. The molecule has 0 aliphatic rings. The molecule has 0 saturated carbocycles. The van der Waals surface area contributed by atoms with Crippen molar-refractivity contribution in [3.8, 4) is 22.3 Å². The van der Waals surface area contributed by atoms with E-state index in [1.165, 1.54) is 10.8 Å². The molecule has 0 radical (unpaired) electrons. The van der Waals surface area contributed by atoms with Crippen LogP contribution in [-0.4, -0.2) is 9.97 Å². The van der Waals surface area contributed by atoms with Crippen LogP contribution in [0.2, 0.25) is 0 Å². The highest BCUT2D eigenvalue weighted by Gasteiger charge is 2.17. The van der Waals surface area contributed by atoms with Gasteiger partial charge in [-0.1, -0.05) is 84.9 Å². The van der Waals surface area contributed by atoms with Gasteiger partial charge in [-0.3, -0.25) is 9.97 Å². The Morgan fingerprint density at radius 3 is 1.88 bits per heavy atom. The van der Waals surface area contributed by atoms with Crippen LogP contribution in [-0.2, 0) is 0 Å². The maximum atomic E-state index is 6.41. The first-order chi connectivity index (χ1) is 20.3. The van der Waals surface area contributed by atoms with Crippen molar-refractivity contribution in [2.45, 2.75) is 0 Å². The minimum absolute atomic E-state index is 0.882. The number of rotatable bonds is 2. The van der Waals surface area contributed by atoms with Gasteiger partial charge < -0.3 is 4.42 Å². The Balaban J connectivity index is 1.31. The SMILES string of the molecule is c1cnc2c(c1)ccc1ccc(-c3ccc4oc5cccc(-c6cccc7ccc8cccnc8c67)c5c4c3)cc12. The van der Waals surface area contributed by atoms with Crippen LogP contribution in [0.5, 0.6) is 0 Å². The zero-order valence-corrected chi connectivity index (χ0v) is 22.0. The van der Waals surface area contributed by atoms with Crippen molar-refractivity contribution >= 4 is 65.3 Å². The molecule has 6 aromatic carbocycles. The van der Waals surface area contributed by atoms with Gasteiger partial charge in [-0.15, -0.1) is 0 Å². The second-order valence-corrected chi connectivity index (χ2v) is 10.6. The van der Waals surface area contributed by atoms with Gasteiger partial charge in [0.05, 0.1) is 11.0 Å². The molecule has 0 fully saturated rings. The molecule has 0 unspecified atom stereocenters. The highest BCUT2D eigenvalue weighted by Crippen LogP contribution is 2.42. The molecule has 0 aliphatic heterocycles. The molecular weight excluding hydrogens is 500 g/mol. The topological polar surface area (TPSA) is 38.9 Å². The van der Waals surface area contributed by atoms with Crippen molar-refractivity contribution in [3.05, 3.63) is 134 Å². The molecule has 190 valence electrons. The molecule has 41 heavy (non-hydrogen) atoms. The average Bonchev–Trinajstić information content (AvgIpc) is 3.42. The van der Waals surface area contributed by atoms with Crippen LogP contribution in [0.15, 0.2) is 138 Å². The van der Waals surface area contributed by atoms with Gasteiger partial charge in [0.25, 0.3) is 0 Å². The van der Waals surface area contributed by atoms with Crippen molar-refractivity contribution < 1.29 is 4.42 Å². The summed E-state index contributed by atoms with van der Waals surface area (Å²) >= 11 is 0. The summed E-state index contributed by atoms with van der Waals surface area (Å²) < 4.78 is 6.41. The van der Waals surface area contributed by atoms with Crippen molar-refractivity contribution in [2.24, 2.45) is 0 Å². The lowest BCUT2D eigenvalue weighted by atomic mass is 9.92. The third-order valence-corrected chi connectivity index (χ3v) is 8.32. The third-order valence-electron chi connectivity index (χ3n) is 8.32. The van der Waals surface area contributed by atoms with Gasteiger partial charge in [-0.25, -0.2) is 0 Å². The fourth-order valence-corrected chi connectivity index (χ4v) is 6.41. The van der Waals surface area contributed by atoms with E-state index in [9.17, 15) is 0 Å². The van der Waals surface area contributed by atoms with Gasteiger partial charge in [-0.2, -0.15) is 0 Å². The van der Waals surface area contributed by atoms with E-state index in [1.807, 2.05) is 24.5 Å². The smallest absolute Gasteiger partial charge is 0.136 e. The van der Waals surface area contributed by atoms with Crippen molar-refractivity contribution in [2.75, 3.05) is 0 Å². The highest BCUT2D eigenvalue weighted by atomic mass is 16.3. The molecular formula is C38H22N2O. The summed E-state index contributed by atoms with van der Waals surface area (Å²) in [5.41, 5.74) is 8.42. The fourth-order valence-electron chi connectivity index (χ4n) is 6.41. The highest BCUT2D eigenvalue weighted by molar-refractivity contribution is 6.19. The lowest BCUT2D eigenvalue weighted by Crippen LogP contribution is -1.87. The third kappa shape index (κ3) is 3.33. The quantitative estimate of drug-likeness (QED) is 0.212. The zero-order valence-electron chi connectivity index (χ0n) is 22.0. The van der Waals surface area contributed by atoms with Gasteiger partial charge in [0.1, 0.15) is 11.2 Å². The number of pyridine rings is 2. The molecule has 3 aromatic heterocycles. The molecule has 3 nitrogen and oxygen atoms in total. The van der Waals surface area contributed by atoms with E-state index in [4.69, 9.17) is 14.4 Å². The monoisotopic (exact) mass is 522 g/mol. The number of hydrogen-bond acceptors (Lipinski definition) is 3. The Morgan fingerprint density at radius 2 is 1.02 bits per heavy atom. The molecule has 9 rings (SSSR count). The number of furan rings is 1. The Hall–Kier alpha value is -5.54. The van der Waals surface area contributed by atoms with Gasteiger partial charge in [0, 0.05) is 44.7 Å². The summed E-state index contributed by atoms with van der Waals surface area (Å²) in [4.78, 5) is 9.50. The molecule has 0 aliphatic carbocycles. The largest absolute Gasteiger partial charge is 0.456 e. The summed E-state index contributed by atoms with van der Waals surface area (Å²) in [6.45, 7) is 0. The van der Waals surface area contributed by atoms with E-state index in [-0.39, 0.29) is 0 Å². The van der Waals surface area contributed by atoms with Crippen LogP contribution in [0.1, 0.15) is 0 Å². The van der Waals surface area contributed by atoms with E-state index < -0.39 is 0 Å². The summed E-state index contributed by atoms with van der Waals surface area (Å²) in [6, 6.07) is 42.9. The van der Waals surface area contributed by atoms with Gasteiger partial charge in [-0.05, 0) is 69.4 Å². The predicted molar refractivity (Wildman–Crippen MR) is 170 cm³/mol. The number of fused-ring (bicyclic) bond motifs is 9. The molecule has 3 heterocycles. The van der Waals surface area contributed by atoms with Crippen LogP contribution in [0.4, 0.5) is 0 Å². The van der Waals surface area contributed by atoms with Crippen molar-refractivity contribution in [3.63, 3.8) is 0 Å². The first-order valence-electron chi connectivity index (χ1n) is 13.8. The summed E-state index contributed by atoms with van der Waals surface area (Å²) in [5.74, 6) is 0. The van der Waals surface area contributed by atoms with Crippen LogP contribution in [0, 0.1) is 0 Å². The standard InChI is InChI=1S/C38H22N2O/c1-5-24-13-15-26-7-4-20-40-38(26)35(24)29(8-1)30-9-2-10-34-36(30)32-22-28(17-18-33(32)41-34)27-16-12-23-11-14-25-6-3-19-39-37(25)31(23)21-27/h1-22H. The molecule has 9 aromatic rings. The Bertz CT molecular complexity index is 2490. The normalized spacial score (nSPS) is 11.9. The molecule has 0 atom stereocenters. The van der Waals surface area contributed by atoms with E-state index in [2.05, 4.69) is 109 Å². The number of hydrogen-bond donors (Lipinski definition) is 0. The molecule has 3 heteroatoms. The lowest BCUT2D eigenvalue weighted by Gasteiger charge is -2.11. The van der Waals surface area contributed by atoms with Crippen LogP contribution < -0.4 is 0 Å². The number of nitrogens with zero attached hydrogens (tertiary/aromatic N) is 2. The second-order valence-electron chi connectivity index (χ2n) is 10.6. The maximum Gasteiger partial charge on any atom is 0.136 e. The van der Waals surface area contributed by atoms with Crippen molar-refractivity contribution in [1.29, 1.82) is 0 Å². The van der Waals surface area contributed by atoms with E-state index in [1.54, 1.807) is 0 Å². The minimum Gasteiger partial charge on any atom is -0.456 e. The van der Waals surface area contributed by atoms with Gasteiger partial charge in [0.2, 0.25) is 0 Å².